The Bertz CT molecular complexity index is 644. The Balaban J connectivity index is 1.82. The largest absolute Gasteiger partial charge is 0.505 e. The van der Waals surface area contributed by atoms with Crippen LogP contribution in [-0.4, -0.2) is 22.8 Å². The minimum Gasteiger partial charge on any atom is -0.505 e. The van der Waals surface area contributed by atoms with Gasteiger partial charge in [-0.3, -0.25) is 0 Å². The number of rotatable bonds is 5. The molecule has 1 aromatic heterocycles. The zero-order valence-electron chi connectivity index (χ0n) is 12.0. The predicted molar refractivity (Wildman–Crippen MR) is 82.2 cm³/mol. The van der Waals surface area contributed by atoms with Crippen molar-refractivity contribution in [1.29, 1.82) is 0 Å². The van der Waals surface area contributed by atoms with Gasteiger partial charge < -0.3 is 20.8 Å². The fourth-order valence-corrected chi connectivity index (χ4v) is 2.62. The first-order chi connectivity index (χ1) is 10.4. The van der Waals surface area contributed by atoms with Crippen molar-refractivity contribution in [2.45, 2.75) is 19.1 Å². The maximum absolute atomic E-state index is 13.2. The Kier molecular flexibility index (Phi) is 4.99. The van der Waals surface area contributed by atoms with Crippen LogP contribution in [0.15, 0.2) is 35.7 Å². The summed E-state index contributed by atoms with van der Waals surface area (Å²) in [6.07, 6.45) is 0. The van der Waals surface area contributed by atoms with E-state index in [4.69, 9.17) is 5.11 Å². The molecule has 4 N–H and O–H groups in total. The average molecular weight is 324 g/mol. The second-order valence-electron chi connectivity index (χ2n) is 5.07. The highest BCUT2D eigenvalue weighted by molar-refractivity contribution is 7.10. The molecule has 0 saturated carbocycles. The number of hydrogen-bond acceptors (Lipinski definition) is 4. The highest BCUT2D eigenvalue weighted by Gasteiger charge is 2.24. The SMILES string of the molecule is CC(O)(CNC(=O)NCc1ccc(O)c(F)c1)c1cccs1. The lowest BCUT2D eigenvalue weighted by atomic mass is 10.1. The second-order valence-corrected chi connectivity index (χ2v) is 6.02. The number of carbonyl (C=O) groups is 1. The summed E-state index contributed by atoms with van der Waals surface area (Å²) in [5.41, 5.74) is -0.619. The van der Waals surface area contributed by atoms with Crippen LogP contribution in [0.5, 0.6) is 5.75 Å². The van der Waals surface area contributed by atoms with E-state index in [1.54, 1.807) is 13.0 Å². The number of amides is 2. The molecule has 1 aromatic carbocycles. The Labute approximate surface area is 131 Å². The minimum atomic E-state index is -1.14. The third kappa shape index (κ3) is 4.19. The molecule has 118 valence electrons. The van der Waals surface area contributed by atoms with Gasteiger partial charge in [-0.25, -0.2) is 9.18 Å². The van der Waals surface area contributed by atoms with Crippen LogP contribution in [-0.2, 0) is 12.1 Å². The van der Waals surface area contributed by atoms with Crippen molar-refractivity contribution < 1.29 is 19.4 Å². The molecule has 1 heterocycles. The van der Waals surface area contributed by atoms with E-state index in [2.05, 4.69) is 10.6 Å². The van der Waals surface area contributed by atoms with Gasteiger partial charge in [0.15, 0.2) is 11.6 Å². The zero-order valence-corrected chi connectivity index (χ0v) is 12.8. The van der Waals surface area contributed by atoms with E-state index in [-0.39, 0.29) is 13.1 Å². The van der Waals surface area contributed by atoms with Crippen LogP contribution in [0.3, 0.4) is 0 Å². The number of hydrogen-bond donors (Lipinski definition) is 4. The number of halogens is 1. The number of nitrogens with one attached hydrogen (secondary N) is 2. The smallest absolute Gasteiger partial charge is 0.315 e. The van der Waals surface area contributed by atoms with E-state index < -0.39 is 23.2 Å². The van der Waals surface area contributed by atoms with Crippen LogP contribution >= 0.6 is 11.3 Å². The first kappa shape index (κ1) is 16.3. The Morgan fingerprint density at radius 1 is 1.36 bits per heavy atom. The summed E-state index contributed by atoms with van der Waals surface area (Å²) in [7, 11) is 0. The number of urea groups is 1. The van der Waals surface area contributed by atoms with Gasteiger partial charge in [0.05, 0.1) is 6.54 Å². The molecule has 0 aliphatic carbocycles. The molecule has 22 heavy (non-hydrogen) atoms. The van der Waals surface area contributed by atoms with Crippen LogP contribution < -0.4 is 10.6 Å². The highest BCUT2D eigenvalue weighted by atomic mass is 32.1. The summed E-state index contributed by atoms with van der Waals surface area (Å²) >= 11 is 1.41. The standard InChI is InChI=1S/C15H17FN2O3S/c1-15(21,13-3-2-6-22-13)9-18-14(20)17-8-10-4-5-12(19)11(16)7-10/h2-7,19,21H,8-9H2,1H3,(H2,17,18,20). The van der Waals surface area contributed by atoms with Crippen molar-refractivity contribution >= 4 is 17.4 Å². The van der Waals surface area contributed by atoms with E-state index in [9.17, 15) is 14.3 Å². The summed E-state index contributed by atoms with van der Waals surface area (Å²) in [5, 5.41) is 26.3. The van der Waals surface area contributed by atoms with Gasteiger partial charge in [0.1, 0.15) is 5.60 Å². The summed E-state index contributed by atoms with van der Waals surface area (Å²) in [5.74, 6) is -1.17. The van der Waals surface area contributed by atoms with Crippen molar-refractivity contribution in [2.75, 3.05) is 6.54 Å². The maximum atomic E-state index is 13.2. The highest BCUT2D eigenvalue weighted by Crippen LogP contribution is 2.24. The molecule has 0 saturated heterocycles. The summed E-state index contributed by atoms with van der Waals surface area (Å²) in [4.78, 5) is 12.5. The molecular weight excluding hydrogens is 307 g/mol. The first-order valence-electron chi connectivity index (χ1n) is 6.64. The molecule has 2 aromatic rings. The maximum Gasteiger partial charge on any atom is 0.315 e. The second kappa shape index (κ2) is 6.76. The van der Waals surface area contributed by atoms with Gasteiger partial charge in [-0.05, 0) is 36.1 Å². The van der Waals surface area contributed by atoms with Gasteiger partial charge in [0.25, 0.3) is 0 Å². The number of phenols is 1. The normalized spacial score (nSPS) is 13.4. The van der Waals surface area contributed by atoms with Crippen LogP contribution in [0.25, 0.3) is 0 Å². The molecule has 1 atom stereocenters. The van der Waals surface area contributed by atoms with E-state index in [0.717, 1.165) is 10.9 Å². The number of thiophene rings is 1. The van der Waals surface area contributed by atoms with E-state index in [0.29, 0.717) is 5.56 Å². The van der Waals surface area contributed by atoms with Crippen molar-refractivity contribution in [1.82, 2.24) is 10.6 Å². The van der Waals surface area contributed by atoms with Crippen LogP contribution in [0.4, 0.5) is 9.18 Å². The molecule has 7 heteroatoms. The minimum absolute atomic E-state index is 0.0588. The van der Waals surface area contributed by atoms with Gasteiger partial charge in [-0.2, -0.15) is 0 Å². The lowest BCUT2D eigenvalue weighted by Gasteiger charge is -2.22. The van der Waals surface area contributed by atoms with Crippen LogP contribution in [0.2, 0.25) is 0 Å². The van der Waals surface area contributed by atoms with E-state index in [1.807, 2.05) is 11.4 Å². The molecule has 1 unspecified atom stereocenters. The number of benzene rings is 1. The molecule has 0 bridgehead atoms. The molecule has 2 rings (SSSR count). The quantitative estimate of drug-likeness (QED) is 0.681. The van der Waals surface area contributed by atoms with Crippen molar-refractivity contribution in [3.05, 3.63) is 52.0 Å². The fraction of sp³-hybridized carbons (Fsp3) is 0.267. The third-order valence-corrected chi connectivity index (χ3v) is 4.23. The third-order valence-electron chi connectivity index (χ3n) is 3.11. The topological polar surface area (TPSA) is 81.6 Å². The van der Waals surface area contributed by atoms with Crippen LogP contribution in [0, 0.1) is 5.82 Å². The zero-order chi connectivity index (χ0) is 16.2. The Morgan fingerprint density at radius 2 is 2.14 bits per heavy atom. The summed E-state index contributed by atoms with van der Waals surface area (Å²) in [6.45, 7) is 1.79. The van der Waals surface area contributed by atoms with Gasteiger partial charge in [-0.15, -0.1) is 11.3 Å². The molecular formula is C15H17FN2O3S. The Morgan fingerprint density at radius 3 is 2.77 bits per heavy atom. The molecule has 0 spiro atoms. The number of phenolic OH excluding ortho intramolecular Hbond substituents is 1. The van der Waals surface area contributed by atoms with Crippen LogP contribution in [0.1, 0.15) is 17.4 Å². The number of aromatic hydroxyl groups is 1. The molecule has 2 amide bonds. The van der Waals surface area contributed by atoms with E-state index in [1.165, 1.54) is 23.5 Å². The summed E-state index contributed by atoms with van der Waals surface area (Å²) < 4.78 is 13.2. The monoisotopic (exact) mass is 324 g/mol. The van der Waals surface area contributed by atoms with Crippen molar-refractivity contribution in [3.63, 3.8) is 0 Å². The van der Waals surface area contributed by atoms with E-state index >= 15 is 0 Å². The summed E-state index contributed by atoms with van der Waals surface area (Å²) in [6, 6.07) is 7.05. The van der Waals surface area contributed by atoms with Gasteiger partial charge >= 0.3 is 6.03 Å². The predicted octanol–water partition coefficient (Wildman–Crippen LogP) is 2.30. The van der Waals surface area contributed by atoms with Gasteiger partial charge in [-0.1, -0.05) is 12.1 Å². The fourth-order valence-electron chi connectivity index (χ4n) is 1.83. The Hall–Kier alpha value is -2.12. The number of carbonyl (C=O) groups excluding carboxylic acids is 1. The molecule has 5 nitrogen and oxygen atoms in total. The van der Waals surface area contributed by atoms with Crippen molar-refractivity contribution in [2.24, 2.45) is 0 Å². The van der Waals surface area contributed by atoms with Gasteiger partial charge in [0, 0.05) is 11.4 Å². The molecule has 0 aliphatic rings. The number of aliphatic hydroxyl groups is 1. The lowest BCUT2D eigenvalue weighted by molar-refractivity contribution is 0.0631. The van der Waals surface area contributed by atoms with Crippen molar-refractivity contribution in [3.8, 4) is 5.75 Å². The molecule has 0 fully saturated rings. The first-order valence-corrected chi connectivity index (χ1v) is 7.52. The molecule has 0 aliphatic heterocycles. The van der Waals surface area contributed by atoms with Gasteiger partial charge in [0.2, 0.25) is 0 Å². The lowest BCUT2D eigenvalue weighted by Crippen LogP contribution is -2.42. The molecule has 0 radical (unpaired) electrons. The average Bonchev–Trinajstić information content (AvgIpc) is 3.01.